The predicted molar refractivity (Wildman–Crippen MR) is 90.2 cm³/mol. The summed E-state index contributed by atoms with van der Waals surface area (Å²) in [6, 6.07) is 9.11. The van der Waals surface area contributed by atoms with Crippen LogP contribution in [0, 0.1) is 6.92 Å². The molecule has 0 fully saturated rings. The topological polar surface area (TPSA) is 37.4 Å². The zero-order valence-electron chi connectivity index (χ0n) is 14.1. The number of hydrogen-bond acceptors (Lipinski definition) is 3. The minimum atomic E-state index is -4.46. The third kappa shape index (κ3) is 3.13. The van der Waals surface area contributed by atoms with Crippen LogP contribution in [-0.2, 0) is 9.84 Å². The molecule has 134 valence electrons. The molecule has 1 aliphatic rings. The number of benzene rings is 2. The number of anilines is 2. The molecular formula is C18H18F3NO2S. The Bertz CT molecular complexity index is 934. The van der Waals surface area contributed by atoms with Crippen LogP contribution in [0.5, 0.6) is 0 Å². The molecule has 0 atom stereocenters. The van der Waals surface area contributed by atoms with Gasteiger partial charge < -0.3 is 4.90 Å². The summed E-state index contributed by atoms with van der Waals surface area (Å²) in [6.45, 7) is 4.28. The summed E-state index contributed by atoms with van der Waals surface area (Å²) in [5, 5.41) is 0. The first-order valence-electron chi connectivity index (χ1n) is 7.84. The lowest BCUT2D eigenvalue weighted by atomic mass is 10.0. The fourth-order valence-corrected chi connectivity index (χ4v) is 4.71. The number of rotatable bonds is 2. The minimum Gasteiger partial charge on any atom is -0.330 e. The van der Waals surface area contributed by atoms with Crippen molar-refractivity contribution in [2.75, 3.05) is 11.4 Å². The minimum absolute atomic E-state index is 0.0660. The monoisotopic (exact) mass is 369 g/mol. The molecule has 7 heteroatoms. The smallest absolute Gasteiger partial charge is 0.330 e. The normalized spacial score (nSPS) is 15.9. The summed E-state index contributed by atoms with van der Waals surface area (Å²) in [7, 11) is -3.86. The number of aryl methyl sites for hydroxylation is 1. The lowest BCUT2D eigenvalue weighted by Gasteiger charge is -2.34. The van der Waals surface area contributed by atoms with Gasteiger partial charge in [-0.3, -0.25) is 0 Å². The van der Waals surface area contributed by atoms with E-state index in [0.29, 0.717) is 5.56 Å². The highest BCUT2D eigenvalue weighted by Crippen LogP contribution is 2.46. The third-order valence-electron chi connectivity index (χ3n) is 4.26. The number of alkyl halides is 3. The van der Waals surface area contributed by atoms with Gasteiger partial charge >= 0.3 is 6.18 Å². The van der Waals surface area contributed by atoms with E-state index in [9.17, 15) is 21.6 Å². The molecule has 3 nitrogen and oxygen atoms in total. The van der Waals surface area contributed by atoms with E-state index < -0.39 is 22.6 Å². The van der Waals surface area contributed by atoms with Crippen molar-refractivity contribution in [1.29, 1.82) is 0 Å². The van der Waals surface area contributed by atoms with E-state index in [1.54, 1.807) is 25.1 Å². The second kappa shape index (κ2) is 5.76. The fraction of sp³-hybridized carbons (Fsp3) is 0.333. The molecule has 2 aromatic rings. The molecule has 3 rings (SSSR count). The van der Waals surface area contributed by atoms with Crippen molar-refractivity contribution < 1.29 is 21.6 Å². The van der Waals surface area contributed by atoms with Crippen LogP contribution in [0.1, 0.15) is 30.9 Å². The maximum Gasteiger partial charge on any atom is 0.406 e. The fourth-order valence-electron chi connectivity index (χ4n) is 2.99. The van der Waals surface area contributed by atoms with Gasteiger partial charge in [0.05, 0.1) is 21.2 Å². The van der Waals surface area contributed by atoms with Crippen LogP contribution in [0.15, 0.2) is 46.2 Å². The van der Waals surface area contributed by atoms with Crippen LogP contribution in [0.25, 0.3) is 0 Å². The van der Waals surface area contributed by atoms with E-state index in [1.807, 2.05) is 13.8 Å². The van der Waals surface area contributed by atoms with Gasteiger partial charge in [0.25, 0.3) is 0 Å². The van der Waals surface area contributed by atoms with E-state index in [-0.39, 0.29) is 27.1 Å². The molecule has 25 heavy (non-hydrogen) atoms. The Morgan fingerprint density at radius 1 is 1.00 bits per heavy atom. The van der Waals surface area contributed by atoms with Gasteiger partial charge in [-0.1, -0.05) is 26.0 Å². The van der Waals surface area contributed by atoms with Crippen molar-refractivity contribution in [1.82, 2.24) is 0 Å². The van der Waals surface area contributed by atoms with Crippen LogP contribution in [0.2, 0.25) is 0 Å². The Morgan fingerprint density at radius 2 is 1.68 bits per heavy atom. The van der Waals surface area contributed by atoms with Gasteiger partial charge in [-0.25, -0.2) is 8.42 Å². The number of sulfone groups is 1. The zero-order chi connectivity index (χ0) is 18.6. The number of fused-ring (bicyclic) bond motifs is 2. The molecule has 0 amide bonds. The molecule has 2 aromatic carbocycles. The van der Waals surface area contributed by atoms with Gasteiger partial charge in [0.2, 0.25) is 9.84 Å². The van der Waals surface area contributed by atoms with Gasteiger partial charge in [0, 0.05) is 0 Å². The first-order valence-corrected chi connectivity index (χ1v) is 9.33. The van der Waals surface area contributed by atoms with E-state index in [2.05, 4.69) is 0 Å². The largest absolute Gasteiger partial charge is 0.406 e. The van der Waals surface area contributed by atoms with Crippen molar-refractivity contribution >= 4 is 21.2 Å². The lowest BCUT2D eigenvalue weighted by Crippen LogP contribution is -2.34. The maximum absolute atomic E-state index is 13.2. The SMILES string of the molecule is Cc1ccc2c(c1)S(=O)(=O)c1ccc(C(C)C)cc1N2CC(F)(F)F. The average molecular weight is 369 g/mol. The Balaban J connectivity index is 2.31. The van der Waals surface area contributed by atoms with Crippen LogP contribution >= 0.6 is 0 Å². The first kappa shape index (κ1) is 17.8. The molecule has 1 aliphatic heterocycles. The molecule has 0 aromatic heterocycles. The Labute approximate surface area is 145 Å². The number of halogens is 3. The maximum atomic E-state index is 13.2. The van der Waals surface area contributed by atoms with Crippen molar-refractivity contribution in [3.63, 3.8) is 0 Å². The summed E-state index contributed by atoms with van der Waals surface area (Å²) < 4.78 is 65.4. The van der Waals surface area contributed by atoms with E-state index >= 15 is 0 Å². The van der Waals surface area contributed by atoms with Crippen LogP contribution < -0.4 is 4.90 Å². The summed E-state index contributed by atoms with van der Waals surface area (Å²) in [4.78, 5) is 0.887. The van der Waals surface area contributed by atoms with Gasteiger partial charge in [-0.15, -0.1) is 0 Å². The first-order chi connectivity index (χ1) is 11.5. The highest BCUT2D eigenvalue weighted by atomic mass is 32.2. The summed E-state index contributed by atoms with van der Waals surface area (Å²) >= 11 is 0. The number of hydrogen-bond donors (Lipinski definition) is 0. The second-order valence-electron chi connectivity index (χ2n) is 6.56. The average Bonchev–Trinajstić information content (AvgIpc) is 2.50. The van der Waals surface area contributed by atoms with Crippen LogP contribution in [0.3, 0.4) is 0 Å². The summed E-state index contributed by atoms with van der Waals surface area (Å²) in [5.74, 6) is 0.0696. The summed E-state index contributed by atoms with van der Waals surface area (Å²) in [5.41, 5.74) is 1.62. The Kier molecular flexibility index (Phi) is 4.10. The quantitative estimate of drug-likeness (QED) is 0.750. The lowest BCUT2D eigenvalue weighted by molar-refractivity contribution is -0.118. The van der Waals surface area contributed by atoms with E-state index in [0.717, 1.165) is 10.5 Å². The Hall–Kier alpha value is -2.02. The molecule has 0 bridgehead atoms. The molecule has 0 saturated heterocycles. The van der Waals surface area contributed by atoms with Gasteiger partial charge in [-0.05, 0) is 48.2 Å². The molecule has 1 heterocycles. The molecule has 0 aliphatic carbocycles. The van der Waals surface area contributed by atoms with Crippen molar-refractivity contribution in [2.45, 2.75) is 42.7 Å². The molecule has 0 unspecified atom stereocenters. The predicted octanol–water partition coefficient (Wildman–Crippen LogP) is 4.97. The number of nitrogens with zero attached hydrogens (tertiary/aromatic N) is 1. The molecule has 0 spiro atoms. The zero-order valence-corrected chi connectivity index (χ0v) is 14.9. The molecular weight excluding hydrogens is 351 g/mol. The van der Waals surface area contributed by atoms with Gasteiger partial charge in [0.1, 0.15) is 6.54 Å². The molecule has 0 saturated carbocycles. The standard InChI is InChI=1S/C18H18F3NO2S/c1-11(2)13-5-7-16-15(9-13)22(10-18(19,20)21)14-6-4-12(3)8-17(14)25(16,23)24/h4-9,11H,10H2,1-3H3. The highest BCUT2D eigenvalue weighted by Gasteiger charge is 2.40. The van der Waals surface area contributed by atoms with Crippen molar-refractivity contribution in [2.24, 2.45) is 0 Å². The summed E-state index contributed by atoms with van der Waals surface area (Å²) in [6.07, 6.45) is -4.46. The molecule has 0 radical (unpaired) electrons. The van der Waals surface area contributed by atoms with Crippen molar-refractivity contribution in [3.05, 3.63) is 47.5 Å². The second-order valence-corrected chi connectivity index (χ2v) is 8.44. The van der Waals surface area contributed by atoms with Crippen LogP contribution in [0.4, 0.5) is 24.5 Å². The third-order valence-corrected chi connectivity index (χ3v) is 6.09. The van der Waals surface area contributed by atoms with E-state index in [1.165, 1.54) is 18.2 Å². The van der Waals surface area contributed by atoms with E-state index in [4.69, 9.17) is 0 Å². The Morgan fingerprint density at radius 3 is 2.28 bits per heavy atom. The highest BCUT2D eigenvalue weighted by molar-refractivity contribution is 7.92. The van der Waals surface area contributed by atoms with Gasteiger partial charge in [0.15, 0.2) is 0 Å². The molecule has 0 N–H and O–H groups in total. The van der Waals surface area contributed by atoms with Crippen molar-refractivity contribution in [3.8, 4) is 0 Å². The van der Waals surface area contributed by atoms with Gasteiger partial charge in [-0.2, -0.15) is 13.2 Å². The van der Waals surface area contributed by atoms with Crippen LogP contribution in [-0.4, -0.2) is 21.1 Å².